The van der Waals surface area contributed by atoms with E-state index in [4.69, 9.17) is 10.5 Å². The topological polar surface area (TPSA) is 98.7 Å². The fourth-order valence-corrected chi connectivity index (χ4v) is 2.49. The molecule has 2 N–H and O–H groups in total. The van der Waals surface area contributed by atoms with E-state index < -0.39 is 4.92 Å². The summed E-state index contributed by atoms with van der Waals surface area (Å²) in [5, 5.41) is 10.9. The normalized spacial score (nSPS) is 22.0. The molecule has 1 amide bonds. The SMILES string of the molecule is COc1cc(C(=O)N2CCC(N)C(C)C2)ccc1[N+](=O)[O-]. The summed E-state index contributed by atoms with van der Waals surface area (Å²) >= 11 is 0. The van der Waals surface area contributed by atoms with Crippen LogP contribution in [0.4, 0.5) is 5.69 Å². The van der Waals surface area contributed by atoms with Gasteiger partial charge in [0.2, 0.25) is 0 Å². The summed E-state index contributed by atoms with van der Waals surface area (Å²) in [6.45, 7) is 3.21. The molecule has 114 valence electrons. The average molecular weight is 293 g/mol. The lowest BCUT2D eigenvalue weighted by atomic mass is 9.94. The number of nitro groups is 1. The van der Waals surface area contributed by atoms with Crippen molar-refractivity contribution < 1.29 is 14.5 Å². The standard InChI is InChI=1S/C14H19N3O4/c1-9-8-16(6-5-11(9)15)14(18)10-3-4-12(17(19)20)13(7-10)21-2/h3-4,7,9,11H,5-6,8,15H2,1-2H3. The zero-order chi connectivity index (χ0) is 15.6. The largest absolute Gasteiger partial charge is 0.490 e. The van der Waals surface area contributed by atoms with Gasteiger partial charge in [-0.2, -0.15) is 0 Å². The van der Waals surface area contributed by atoms with Gasteiger partial charge in [0.15, 0.2) is 5.75 Å². The second kappa shape index (κ2) is 6.09. The first-order valence-electron chi connectivity index (χ1n) is 6.81. The van der Waals surface area contributed by atoms with Gasteiger partial charge >= 0.3 is 5.69 Å². The Morgan fingerprint density at radius 1 is 1.52 bits per heavy atom. The molecule has 0 aliphatic carbocycles. The lowest BCUT2D eigenvalue weighted by Gasteiger charge is -2.35. The van der Waals surface area contributed by atoms with Crippen molar-refractivity contribution in [3.63, 3.8) is 0 Å². The number of nitrogens with two attached hydrogens (primary N) is 1. The first kappa shape index (κ1) is 15.2. The number of hydrogen-bond donors (Lipinski definition) is 1. The number of amides is 1. The maximum Gasteiger partial charge on any atom is 0.310 e. The van der Waals surface area contributed by atoms with E-state index in [1.54, 1.807) is 4.90 Å². The van der Waals surface area contributed by atoms with Crippen molar-refractivity contribution in [3.8, 4) is 5.75 Å². The predicted molar refractivity (Wildman–Crippen MR) is 77.3 cm³/mol. The molecule has 0 aromatic heterocycles. The summed E-state index contributed by atoms with van der Waals surface area (Å²) in [5.74, 6) is 0.178. The number of hydrogen-bond acceptors (Lipinski definition) is 5. The molecule has 21 heavy (non-hydrogen) atoms. The number of ether oxygens (including phenoxy) is 1. The van der Waals surface area contributed by atoms with Crippen LogP contribution in [0.15, 0.2) is 18.2 Å². The van der Waals surface area contributed by atoms with Crippen molar-refractivity contribution in [2.75, 3.05) is 20.2 Å². The van der Waals surface area contributed by atoms with Gasteiger partial charge in [0.25, 0.3) is 5.91 Å². The van der Waals surface area contributed by atoms with E-state index >= 15 is 0 Å². The van der Waals surface area contributed by atoms with Crippen LogP contribution in [0, 0.1) is 16.0 Å². The molecule has 1 aliphatic heterocycles. The van der Waals surface area contributed by atoms with Gasteiger partial charge in [-0.25, -0.2) is 0 Å². The summed E-state index contributed by atoms with van der Waals surface area (Å²) < 4.78 is 4.99. The van der Waals surface area contributed by atoms with Gasteiger partial charge < -0.3 is 15.4 Å². The lowest BCUT2D eigenvalue weighted by molar-refractivity contribution is -0.385. The van der Waals surface area contributed by atoms with Gasteiger partial charge in [-0.3, -0.25) is 14.9 Å². The smallest absolute Gasteiger partial charge is 0.310 e. The molecule has 2 rings (SSSR count). The van der Waals surface area contributed by atoms with Crippen LogP contribution < -0.4 is 10.5 Å². The number of nitrogens with zero attached hydrogens (tertiary/aromatic N) is 2. The van der Waals surface area contributed by atoms with E-state index in [2.05, 4.69) is 0 Å². The van der Waals surface area contributed by atoms with Crippen LogP contribution in [0.25, 0.3) is 0 Å². The molecule has 7 heteroatoms. The number of piperidine rings is 1. The number of nitro benzene ring substituents is 1. The third-order valence-corrected chi connectivity index (χ3v) is 3.88. The highest BCUT2D eigenvalue weighted by molar-refractivity contribution is 5.95. The molecular weight excluding hydrogens is 274 g/mol. The molecule has 1 aromatic rings. The maximum absolute atomic E-state index is 12.5. The monoisotopic (exact) mass is 293 g/mol. The van der Waals surface area contributed by atoms with Crippen LogP contribution >= 0.6 is 0 Å². The van der Waals surface area contributed by atoms with Crippen LogP contribution in [-0.4, -0.2) is 42.0 Å². The van der Waals surface area contributed by atoms with Crippen molar-refractivity contribution >= 4 is 11.6 Å². The quantitative estimate of drug-likeness (QED) is 0.671. The van der Waals surface area contributed by atoms with Crippen LogP contribution in [0.2, 0.25) is 0 Å². The third-order valence-electron chi connectivity index (χ3n) is 3.88. The highest BCUT2D eigenvalue weighted by Crippen LogP contribution is 2.28. The molecule has 2 atom stereocenters. The van der Waals surface area contributed by atoms with Crippen molar-refractivity contribution in [1.29, 1.82) is 0 Å². The van der Waals surface area contributed by atoms with Gasteiger partial charge in [0.05, 0.1) is 12.0 Å². The Hall–Kier alpha value is -2.15. The molecule has 7 nitrogen and oxygen atoms in total. The number of likely N-dealkylation sites (tertiary alicyclic amines) is 1. The zero-order valence-corrected chi connectivity index (χ0v) is 12.1. The van der Waals surface area contributed by atoms with Crippen LogP contribution in [0.1, 0.15) is 23.7 Å². The molecule has 1 aromatic carbocycles. The van der Waals surface area contributed by atoms with E-state index in [0.717, 1.165) is 6.42 Å². The summed E-state index contributed by atoms with van der Waals surface area (Å²) in [6, 6.07) is 4.29. The summed E-state index contributed by atoms with van der Waals surface area (Å²) in [5.41, 5.74) is 6.18. The maximum atomic E-state index is 12.5. The van der Waals surface area contributed by atoms with Gasteiger partial charge in [-0.15, -0.1) is 0 Å². The summed E-state index contributed by atoms with van der Waals surface area (Å²) in [7, 11) is 1.35. The highest BCUT2D eigenvalue weighted by atomic mass is 16.6. The molecule has 1 aliphatic rings. The molecule has 0 bridgehead atoms. The molecule has 0 spiro atoms. The van der Waals surface area contributed by atoms with E-state index in [9.17, 15) is 14.9 Å². The van der Waals surface area contributed by atoms with Crippen LogP contribution in [0.3, 0.4) is 0 Å². The van der Waals surface area contributed by atoms with Crippen molar-refractivity contribution in [2.45, 2.75) is 19.4 Å². The van der Waals surface area contributed by atoms with E-state index in [1.165, 1.54) is 25.3 Å². The molecular formula is C14H19N3O4. The second-order valence-electron chi connectivity index (χ2n) is 5.32. The van der Waals surface area contributed by atoms with E-state index in [0.29, 0.717) is 18.7 Å². The molecule has 1 heterocycles. The minimum Gasteiger partial charge on any atom is -0.490 e. The molecule has 2 unspecified atom stereocenters. The Balaban J connectivity index is 2.22. The lowest BCUT2D eigenvalue weighted by Crippen LogP contribution is -2.48. The van der Waals surface area contributed by atoms with Gasteiger partial charge in [-0.05, 0) is 18.4 Å². The summed E-state index contributed by atoms with van der Waals surface area (Å²) in [6.07, 6.45) is 0.761. The summed E-state index contributed by atoms with van der Waals surface area (Å²) in [4.78, 5) is 24.5. The number of carbonyl (C=O) groups is 1. The zero-order valence-electron chi connectivity index (χ0n) is 12.1. The molecule has 0 saturated carbocycles. The first-order valence-corrected chi connectivity index (χ1v) is 6.81. The van der Waals surface area contributed by atoms with E-state index in [-0.39, 0.29) is 29.3 Å². The van der Waals surface area contributed by atoms with Gasteiger partial charge in [-0.1, -0.05) is 6.92 Å². The van der Waals surface area contributed by atoms with Crippen molar-refractivity contribution in [1.82, 2.24) is 4.90 Å². The first-order chi connectivity index (χ1) is 9.93. The Morgan fingerprint density at radius 2 is 2.24 bits per heavy atom. The van der Waals surface area contributed by atoms with Crippen molar-refractivity contribution in [3.05, 3.63) is 33.9 Å². The fourth-order valence-electron chi connectivity index (χ4n) is 2.49. The number of methoxy groups -OCH3 is 1. The van der Waals surface area contributed by atoms with E-state index in [1.807, 2.05) is 6.92 Å². The Bertz CT molecular complexity index is 561. The molecule has 1 saturated heterocycles. The van der Waals surface area contributed by atoms with Crippen LogP contribution in [-0.2, 0) is 0 Å². The Morgan fingerprint density at radius 3 is 2.81 bits per heavy atom. The predicted octanol–water partition coefficient (Wildman–Crippen LogP) is 1.41. The Kier molecular flexibility index (Phi) is 4.42. The minimum absolute atomic E-state index is 0.0904. The molecule has 0 radical (unpaired) electrons. The minimum atomic E-state index is -0.533. The van der Waals surface area contributed by atoms with Crippen molar-refractivity contribution in [2.24, 2.45) is 11.7 Å². The number of carbonyl (C=O) groups excluding carboxylic acids is 1. The third kappa shape index (κ3) is 3.13. The average Bonchev–Trinajstić information content (AvgIpc) is 2.48. The highest BCUT2D eigenvalue weighted by Gasteiger charge is 2.28. The molecule has 1 fully saturated rings. The van der Waals surface area contributed by atoms with Crippen LogP contribution in [0.5, 0.6) is 5.75 Å². The Labute approximate surface area is 122 Å². The number of benzene rings is 1. The van der Waals surface area contributed by atoms with Gasteiger partial charge in [0, 0.05) is 36.8 Å². The number of rotatable bonds is 3. The van der Waals surface area contributed by atoms with Gasteiger partial charge in [0.1, 0.15) is 0 Å². The second-order valence-corrected chi connectivity index (χ2v) is 5.32. The fraction of sp³-hybridized carbons (Fsp3) is 0.500.